The van der Waals surface area contributed by atoms with Gasteiger partial charge in [0.25, 0.3) is 0 Å². The summed E-state index contributed by atoms with van der Waals surface area (Å²) in [6.45, 7) is 2.70. The van der Waals surface area contributed by atoms with Crippen LogP contribution in [-0.2, 0) is 6.54 Å². The highest BCUT2D eigenvalue weighted by Crippen LogP contribution is 2.21. The molecule has 0 aliphatic rings. The minimum absolute atomic E-state index is 0.146. The standard InChI is InChI=1S/C7H6Cl2N4/c1-2-13-5-4(3-10-13)11-7(9)12-6(5)8/h3H,2H2,1H3. The summed E-state index contributed by atoms with van der Waals surface area (Å²) in [4.78, 5) is 7.83. The number of fused-ring (bicyclic) bond motifs is 1. The number of hydrogen-bond donors (Lipinski definition) is 0. The van der Waals surface area contributed by atoms with Gasteiger partial charge in [-0.05, 0) is 18.5 Å². The Morgan fingerprint density at radius 1 is 1.38 bits per heavy atom. The van der Waals surface area contributed by atoms with Crippen molar-refractivity contribution in [2.75, 3.05) is 0 Å². The van der Waals surface area contributed by atoms with Crippen LogP contribution in [0.4, 0.5) is 0 Å². The maximum Gasteiger partial charge on any atom is 0.224 e. The van der Waals surface area contributed by atoms with Crippen LogP contribution in [0.25, 0.3) is 11.0 Å². The summed E-state index contributed by atoms with van der Waals surface area (Å²) in [5.41, 5.74) is 1.40. The second kappa shape index (κ2) is 3.12. The van der Waals surface area contributed by atoms with Gasteiger partial charge >= 0.3 is 0 Å². The van der Waals surface area contributed by atoms with Crippen molar-refractivity contribution < 1.29 is 0 Å². The highest BCUT2D eigenvalue weighted by atomic mass is 35.5. The number of nitrogens with zero attached hydrogens (tertiary/aromatic N) is 4. The van der Waals surface area contributed by atoms with Gasteiger partial charge in [-0.1, -0.05) is 11.6 Å². The predicted molar refractivity (Wildman–Crippen MR) is 51.0 cm³/mol. The van der Waals surface area contributed by atoms with Crippen molar-refractivity contribution in [1.29, 1.82) is 0 Å². The largest absolute Gasteiger partial charge is 0.260 e. The van der Waals surface area contributed by atoms with Gasteiger partial charge in [-0.15, -0.1) is 0 Å². The summed E-state index contributed by atoms with van der Waals surface area (Å²) in [7, 11) is 0. The Balaban J connectivity index is 2.82. The highest BCUT2D eigenvalue weighted by molar-refractivity contribution is 6.35. The fraction of sp³-hybridized carbons (Fsp3) is 0.286. The summed E-state index contributed by atoms with van der Waals surface area (Å²) >= 11 is 11.5. The van der Waals surface area contributed by atoms with Gasteiger partial charge in [-0.25, -0.2) is 9.97 Å². The monoisotopic (exact) mass is 216 g/mol. The molecule has 2 aromatic heterocycles. The average Bonchev–Trinajstić information content (AvgIpc) is 2.47. The van der Waals surface area contributed by atoms with Gasteiger partial charge in [-0.3, -0.25) is 4.68 Å². The van der Waals surface area contributed by atoms with Crippen molar-refractivity contribution in [2.24, 2.45) is 0 Å². The third-order valence-corrected chi connectivity index (χ3v) is 2.15. The van der Waals surface area contributed by atoms with E-state index in [9.17, 15) is 0 Å². The molecule has 0 amide bonds. The molecule has 0 aliphatic carbocycles. The van der Waals surface area contributed by atoms with Crippen molar-refractivity contribution >= 4 is 34.2 Å². The first-order valence-corrected chi connectivity index (χ1v) is 4.52. The highest BCUT2D eigenvalue weighted by Gasteiger charge is 2.09. The van der Waals surface area contributed by atoms with Crippen LogP contribution in [0.5, 0.6) is 0 Å². The Kier molecular flexibility index (Phi) is 2.09. The fourth-order valence-electron chi connectivity index (χ4n) is 1.17. The summed E-state index contributed by atoms with van der Waals surface area (Å²) in [5, 5.41) is 4.58. The number of rotatable bonds is 1. The number of aromatic nitrogens is 4. The molecule has 2 aromatic rings. The molecule has 0 saturated heterocycles. The molecule has 68 valence electrons. The summed E-state index contributed by atoms with van der Waals surface area (Å²) in [5.74, 6) is 0. The predicted octanol–water partition coefficient (Wildman–Crippen LogP) is 2.15. The van der Waals surface area contributed by atoms with Gasteiger partial charge in [0.2, 0.25) is 5.28 Å². The smallest absolute Gasteiger partial charge is 0.224 e. The lowest BCUT2D eigenvalue weighted by molar-refractivity contribution is 0.683. The van der Waals surface area contributed by atoms with E-state index in [-0.39, 0.29) is 5.28 Å². The molecule has 6 heteroatoms. The number of hydrogen-bond acceptors (Lipinski definition) is 3. The molecule has 0 fully saturated rings. The Hall–Kier alpha value is -0.870. The molecule has 0 aliphatic heterocycles. The van der Waals surface area contributed by atoms with E-state index in [0.29, 0.717) is 10.7 Å². The van der Waals surface area contributed by atoms with Crippen LogP contribution in [0.2, 0.25) is 10.4 Å². The molecule has 2 heterocycles. The Bertz CT molecular complexity index is 451. The minimum atomic E-state index is 0.146. The lowest BCUT2D eigenvalue weighted by Crippen LogP contribution is -1.97. The molecule has 0 atom stereocenters. The molecule has 0 N–H and O–H groups in total. The maximum absolute atomic E-state index is 5.89. The van der Waals surface area contributed by atoms with Gasteiger partial charge in [-0.2, -0.15) is 5.10 Å². The Morgan fingerprint density at radius 3 is 2.85 bits per heavy atom. The Labute approximate surface area is 84.5 Å². The van der Waals surface area contributed by atoms with E-state index >= 15 is 0 Å². The number of halogens is 2. The summed E-state index contributed by atoms with van der Waals surface area (Å²) in [6, 6.07) is 0. The minimum Gasteiger partial charge on any atom is -0.260 e. The molecule has 0 bridgehead atoms. The second-order valence-corrected chi connectivity index (χ2v) is 3.17. The zero-order valence-electron chi connectivity index (χ0n) is 6.83. The van der Waals surface area contributed by atoms with Crippen molar-refractivity contribution in [3.63, 3.8) is 0 Å². The lowest BCUT2D eigenvalue weighted by Gasteiger charge is -1.99. The lowest BCUT2D eigenvalue weighted by atomic mass is 10.5. The molecule has 0 saturated carbocycles. The van der Waals surface area contributed by atoms with E-state index in [2.05, 4.69) is 15.1 Å². The van der Waals surface area contributed by atoms with Crippen LogP contribution < -0.4 is 0 Å². The molecule has 13 heavy (non-hydrogen) atoms. The van der Waals surface area contributed by atoms with E-state index in [4.69, 9.17) is 23.2 Å². The van der Waals surface area contributed by atoms with E-state index in [1.54, 1.807) is 10.9 Å². The van der Waals surface area contributed by atoms with E-state index < -0.39 is 0 Å². The molecular weight excluding hydrogens is 211 g/mol. The van der Waals surface area contributed by atoms with Gasteiger partial charge in [0.1, 0.15) is 11.0 Å². The van der Waals surface area contributed by atoms with E-state index in [1.807, 2.05) is 6.92 Å². The van der Waals surface area contributed by atoms with E-state index in [0.717, 1.165) is 12.1 Å². The van der Waals surface area contributed by atoms with Crippen LogP contribution in [0, 0.1) is 0 Å². The number of aryl methyl sites for hydroxylation is 1. The topological polar surface area (TPSA) is 43.6 Å². The molecule has 2 rings (SSSR count). The Morgan fingerprint density at radius 2 is 2.15 bits per heavy atom. The van der Waals surface area contributed by atoms with Gasteiger partial charge in [0.05, 0.1) is 6.20 Å². The molecule has 0 unspecified atom stereocenters. The molecular formula is C7H6Cl2N4. The first-order valence-electron chi connectivity index (χ1n) is 3.77. The third-order valence-electron chi connectivity index (χ3n) is 1.72. The van der Waals surface area contributed by atoms with Crippen LogP contribution in [0.1, 0.15) is 6.92 Å². The van der Waals surface area contributed by atoms with Crippen LogP contribution in [0.15, 0.2) is 6.20 Å². The quantitative estimate of drug-likeness (QED) is 0.543. The van der Waals surface area contributed by atoms with Gasteiger partial charge in [0, 0.05) is 6.54 Å². The maximum atomic E-state index is 5.89. The van der Waals surface area contributed by atoms with Gasteiger partial charge < -0.3 is 0 Å². The molecule has 0 spiro atoms. The summed E-state index contributed by atoms with van der Waals surface area (Å²) in [6.07, 6.45) is 1.62. The zero-order valence-corrected chi connectivity index (χ0v) is 8.34. The second-order valence-electron chi connectivity index (χ2n) is 2.48. The van der Waals surface area contributed by atoms with Crippen molar-refractivity contribution in [3.8, 4) is 0 Å². The summed E-state index contributed by atoms with van der Waals surface area (Å²) < 4.78 is 1.73. The first kappa shape index (κ1) is 8.72. The molecule has 4 nitrogen and oxygen atoms in total. The SMILES string of the molecule is CCn1ncc2nc(Cl)nc(Cl)c21. The van der Waals surface area contributed by atoms with Crippen LogP contribution in [0.3, 0.4) is 0 Å². The first-order chi connectivity index (χ1) is 6.22. The third kappa shape index (κ3) is 1.36. The van der Waals surface area contributed by atoms with Gasteiger partial charge in [0.15, 0.2) is 5.15 Å². The fourth-order valence-corrected chi connectivity index (χ4v) is 1.66. The van der Waals surface area contributed by atoms with Crippen molar-refractivity contribution in [1.82, 2.24) is 19.7 Å². The van der Waals surface area contributed by atoms with Crippen LogP contribution in [-0.4, -0.2) is 19.7 Å². The zero-order chi connectivity index (χ0) is 9.42. The van der Waals surface area contributed by atoms with E-state index in [1.165, 1.54) is 0 Å². The average molecular weight is 217 g/mol. The normalized spacial score (nSPS) is 11.0. The van der Waals surface area contributed by atoms with Crippen molar-refractivity contribution in [2.45, 2.75) is 13.5 Å². The molecule has 0 radical (unpaired) electrons. The van der Waals surface area contributed by atoms with Crippen molar-refractivity contribution in [3.05, 3.63) is 16.6 Å². The van der Waals surface area contributed by atoms with Crippen LogP contribution >= 0.6 is 23.2 Å². The molecule has 0 aromatic carbocycles.